The lowest BCUT2D eigenvalue weighted by Gasteiger charge is -2.22. The Morgan fingerprint density at radius 2 is 0.495 bits per heavy atom. The Balaban J connectivity index is 0.000000159. The van der Waals surface area contributed by atoms with Gasteiger partial charge in [0.2, 0.25) is 0 Å². The minimum absolute atomic E-state index is 0.0979. The summed E-state index contributed by atoms with van der Waals surface area (Å²) in [6, 6.07) is 50.7. The highest BCUT2D eigenvalue weighted by Gasteiger charge is 2.36. The average molecular weight is 1320 g/mol. The molecular weight excluding hydrogens is 1200 g/mol. The van der Waals surface area contributed by atoms with Crippen LogP contribution in [0.1, 0.15) is 320 Å². The number of aromatic hydroxyl groups is 3. The van der Waals surface area contributed by atoms with Crippen LogP contribution >= 0.6 is 0 Å². The SMILES string of the molecule is CC(C)c1cccc(C(C)C2CC2)c1O.CC(C)c1cccc(C(C)C2CC2)c1OC(=O)N[C@@H](C)c1ccccc1.CC(C)c1cccc([C@@H](C)C2CC2)c1O.CC(C)c1cccc([C@@H](C)C2CC2)c1O.CC(C)c1cccc([C@H](C)C2CC2)c1OC(=O)N[C@@H](C)c1ccccc1. The first-order valence-electron chi connectivity index (χ1n) is 37.0. The first-order chi connectivity index (χ1) is 46.3. The minimum Gasteiger partial charge on any atom is -0.507 e. The van der Waals surface area contributed by atoms with E-state index in [0.29, 0.717) is 88.3 Å². The maximum absolute atomic E-state index is 12.6. The lowest BCUT2D eigenvalue weighted by molar-refractivity contribution is 0.194. The van der Waals surface area contributed by atoms with Crippen molar-refractivity contribution in [3.05, 3.63) is 218 Å². The van der Waals surface area contributed by atoms with Gasteiger partial charge in [0, 0.05) is 0 Å². The van der Waals surface area contributed by atoms with Crippen molar-refractivity contribution in [2.75, 3.05) is 0 Å². The lowest BCUT2D eigenvalue weighted by Crippen LogP contribution is -2.30. The molecule has 0 bridgehead atoms. The summed E-state index contributed by atoms with van der Waals surface area (Å²) in [4.78, 5) is 25.2. The van der Waals surface area contributed by atoms with Crippen LogP contribution < -0.4 is 20.1 Å². The molecule has 5 aliphatic carbocycles. The van der Waals surface area contributed by atoms with Crippen molar-refractivity contribution in [2.45, 2.75) is 253 Å². The predicted molar refractivity (Wildman–Crippen MR) is 401 cm³/mol. The molecule has 0 aromatic heterocycles. The smallest absolute Gasteiger partial charge is 0.413 e. The van der Waals surface area contributed by atoms with Gasteiger partial charge in [0.05, 0.1) is 12.1 Å². The van der Waals surface area contributed by atoms with Gasteiger partial charge in [-0.1, -0.05) is 256 Å². The second-order valence-corrected chi connectivity index (χ2v) is 30.6. The molecule has 0 saturated heterocycles. The van der Waals surface area contributed by atoms with Gasteiger partial charge in [-0.3, -0.25) is 0 Å². The minimum atomic E-state index is -0.390. The number of rotatable bonds is 21. The summed E-state index contributed by atoms with van der Waals surface area (Å²) in [5.74, 6) is 11.1. The molecular formula is C88H118N2O7. The average Bonchev–Trinajstić information content (AvgIpc) is 1.21. The van der Waals surface area contributed by atoms with Crippen molar-refractivity contribution >= 4 is 12.2 Å². The highest BCUT2D eigenvalue weighted by molar-refractivity contribution is 5.73. The fourth-order valence-corrected chi connectivity index (χ4v) is 13.7. The standard InChI is InChI=1S/2C23H29NO2.3C14H20O/c2*1-15(2)20-11-8-12-21(16(3)18-13-14-18)22(20)26-23(25)24-17(4)19-9-6-5-7-10-19;3*1-9(2)12-5-4-6-13(14(12)15)10(3)11-7-8-11/h2*5-12,15-18H,13-14H2,1-4H3,(H,24,25);3*4-6,9-11,15H,7-8H2,1-3H3/t16?,17-;16-,17+;2*10-;/m0100./s1. The third-order valence-corrected chi connectivity index (χ3v) is 21.3. The molecule has 2 amide bonds. The molecule has 0 radical (unpaired) electrons. The summed E-state index contributed by atoms with van der Waals surface area (Å²) < 4.78 is 11.8. The number of benzene rings is 7. The monoisotopic (exact) mass is 1310 g/mol. The number of amides is 2. The fraction of sp³-hybridized carbons (Fsp3) is 0.500. The van der Waals surface area contributed by atoms with Crippen LogP contribution in [0, 0.1) is 29.6 Å². The Bertz CT molecular complexity index is 3330. The number of phenols is 3. The van der Waals surface area contributed by atoms with Crippen molar-refractivity contribution in [1.82, 2.24) is 10.6 Å². The van der Waals surface area contributed by atoms with Crippen LogP contribution in [0.2, 0.25) is 0 Å². The number of ether oxygens (including phenoxy) is 2. The molecule has 7 aromatic rings. The van der Waals surface area contributed by atoms with E-state index in [4.69, 9.17) is 9.47 Å². The second-order valence-electron chi connectivity index (χ2n) is 30.6. The van der Waals surface area contributed by atoms with Gasteiger partial charge in [-0.2, -0.15) is 0 Å². The van der Waals surface area contributed by atoms with Crippen LogP contribution in [0.15, 0.2) is 152 Å². The first kappa shape index (κ1) is 75.3. The molecule has 2 unspecified atom stereocenters. The molecule has 12 rings (SSSR count). The van der Waals surface area contributed by atoms with E-state index in [0.717, 1.165) is 96.0 Å². The zero-order valence-electron chi connectivity index (χ0n) is 61.8. The molecule has 5 saturated carbocycles. The Morgan fingerprint density at radius 3 is 0.722 bits per heavy atom. The van der Waals surface area contributed by atoms with Gasteiger partial charge in [-0.05, 0) is 234 Å². The van der Waals surface area contributed by atoms with Crippen LogP contribution in [-0.4, -0.2) is 27.5 Å². The normalized spacial score (nSPS) is 17.1. The first-order valence-corrected chi connectivity index (χ1v) is 37.0. The van der Waals surface area contributed by atoms with Gasteiger partial charge in [-0.15, -0.1) is 0 Å². The van der Waals surface area contributed by atoms with Gasteiger partial charge in [0.15, 0.2) is 0 Å². The molecule has 5 fully saturated rings. The van der Waals surface area contributed by atoms with Crippen molar-refractivity contribution in [1.29, 1.82) is 0 Å². The summed E-state index contributed by atoms with van der Waals surface area (Å²) in [5.41, 5.74) is 13.3. The third kappa shape index (κ3) is 21.0. The van der Waals surface area contributed by atoms with Crippen LogP contribution in [0.4, 0.5) is 9.59 Å². The molecule has 97 heavy (non-hydrogen) atoms. The van der Waals surface area contributed by atoms with Crippen molar-refractivity contribution in [3.8, 4) is 28.7 Å². The largest absolute Gasteiger partial charge is 0.507 e. The molecule has 5 aliphatic rings. The summed E-state index contributed by atoms with van der Waals surface area (Å²) in [5, 5.41) is 36.5. The molecule has 0 spiro atoms. The van der Waals surface area contributed by atoms with Gasteiger partial charge in [0.1, 0.15) is 28.7 Å². The molecule has 522 valence electrons. The maximum Gasteiger partial charge on any atom is 0.413 e. The van der Waals surface area contributed by atoms with Crippen LogP contribution in [0.25, 0.3) is 0 Å². The number of carbonyl (C=O) groups is 2. The van der Waals surface area contributed by atoms with Gasteiger partial charge in [-0.25, -0.2) is 9.59 Å². The highest BCUT2D eigenvalue weighted by atomic mass is 16.6. The summed E-state index contributed by atoms with van der Waals surface area (Å²) in [7, 11) is 0. The number of carbonyl (C=O) groups excluding carboxylic acids is 2. The highest BCUT2D eigenvalue weighted by Crippen LogP contribution is 2.51. The summed E-state index contributed by atoms with van der Waals surface area (Å²) in [6.07, 6.45) is 12.2. The van der Waals surface area contributed by atoms with Gasteiger partial charge in [0.25, 0.3) is 0 Å². The summed E-state index contributed by atoms with van der Waals surface area (Å²) in [6.45, 7) is 36.4. The molecule has 0 heterocycles. The molecule has 5 N–H and O–H groups in total. The Labute approximate surface area is 584 Å². The van der Waals surface area contributed by atoms with Crippen LogP contribution in [-0.2, 0) is 0 Å². The maximum atomic E-state index is 12.6. The zero-order valence-corrected chi connectivity index (χ0v) is 61.8. The number of nitrogens with one attached hydrogen (secondary N) is 2. The van der Waals surface area contributed by atoms with Gasteiger partial charge < -0.3 is 35.4 Å². The van der Waals surface area contributed by atoms with E-state index in [1.165, 1.54) is 64.2 Å². The topological polar surface area (TPSA) is 137 Å². The van der Waals surface area contributed by atoms with Crippen LogP contribution in [0.3, 0.4) is 0 Å². The van der Waals surface area contributed by atoms with E-state index < -0.39 is 12.2 Å². The van der Waals surface area contributed by atoms with Crippen molar-refractivity contribution < 1.29 is 34.4 Å². The number of hydrogen-bond donors (Lipinski definition) is 5. The van der Waals surface area contributed by atoms with Gasteiger partial charge >= 0.3 is 12.2 Å². The molecule has 7 aromatic carbocycles. The molecule has 9 heteroatoms. The van der Waals surface area contributed by atoms with E-state index in [1.807, 2.05) is 92.7 Å². The number of phenolic OH excluding ortho intramolecular Hbond substituents is 3. The van der Waals surface area contributed by atoms with E-state index in [1.54, 1.807) is 0 Å². The Morgan fingerprint density at radius 1 is 0.289 bits per heavy atom. The van der Waals surface area contributed by atoms with E-state index in [-0.39, 0.29) is 12.1 Å². The molecule has 7 atom stereocenters. The summed E-state index contributed by atoms with van der Waals surface area (Å²) >= 11 is 0. The third-order valence-electron chi connectivity index (χ3n) is 21.3. The van der Waals surface area contributed by atoms with Crippen molar-refractivity contribution in [3.63, 3.8) is 0 Å². The fourth-order valence-electron chi connectivity index (χ4n) is 13.7. The molecule has 9 nitrogen and oxygen atoms in total. The van der Waals surface area contributed by atoms with E-state index >= 15 is 0 Å². The Hall–Kier alpha value is -7.52. The van der Waals surface area contributed by atoms with E-state index in [2.05, 4.69) is 187 Å². The molecule has 0 aliphatic heterocycles. The Kier molecular flexibility index (Phi) is 27.0. The quantitative estimate of drug-likeness (QED) is 0.0483. The number of hydrogen-bond acceptors (Lipinski definition) is 7. The second kappa shape index (κ2) is 34.8. The zero-order chi connectivity index (χ0) is 70.4. The van der Waals surface area contributed by atoms with E-state index in [9.17, 15) is 24.9 Å². The van der Waals surface area contributed by atoms with Crippen molar-refractivity contribution in [2.24, 2.45) is 29.6 Å². The number of para-hydroxylation sites is 5. The predicted octanol–water partition coefficient (Wildman–Crippen LogP) is 24.4. The van der Waals surface area contributed by atoms with Crippen LogP contribution in [0.5, 0.6) is 28.7 Å². The lowest BCUT2D eigenvalue weighted by atomic mass is 9.90.